The molecule has 12 nitrogen and oxygen atoms in total. The predicted molar refractivity (Wildman–Crippen MR) is 189 cm³/mol. The largest absolute Gasteiger partial charge is 0.497 e. The Hall–Kier alpha value is -4.10. The lowest BCUT2D eigenvalue weighted by atomic mass is 9.81. The minimum atomic E-state index is -3.99. The average molecular weight is 703 g/mol. The highest BCUT2D eigenvalue weighted by molar-refractivity contribution is 7.87. The number of ether oxygens (including phenoxy) is 1. The van der Waals surface area contributed by atoms with Gasteiger partial charge >= 0.3 is 16.2 Å². The van der Waals surface area contributed by atoms with E-state index in [1.165, 1.54) is 26.1 Å². The molecule has 0 radical (unpaired) electrons. The van der Waals surface area contributed by atoms with Crippen molar-refractivity contribution in [2.75, 3.05) is 48.4 Å². The highest BCUT2D eigenvalue weighted by Crippen LogP contribution is 2.66. The first-order valence-corrected chi connectivity index (χ1v) is 19.2. The number of hydrogen-bond donors (Lipinski definition) is 1. The van der Waals surface area contributed by atoms with Crippen LogP contribution in [0.4, 0.5) is 4.79 Å². The van der Waals surface area contributed by atoms with Crippen molar-refractivity contribution in [1.29, 1.82) is 0 Å². The highest BCUT2D eigenvalue weighted by atomic mass is 32.2. The zero-order valence-corrected chi connectivity index (χ0v) is 30.3. The minimum absolute atomic E-state index is 0.00555. The smallest absolute Gasteiger partial charge is 0.319 e. The van der Waals surface area contributed by atoms with Crippen molar-refractivity contribution in [3.05, 3.63) is 53.1 Å². The van der Waals surface area contributed by atoms with Gasteiger partial charge in [-0.1, -0.05) is 25.3 Å². The zero-order chi connectivity index (χ0) is 35.3. The van der Waals surface area contributed by atoms with Gasteiger partial charge in [-0.25, -0.2) is 9.52 Å². The summed E-state index contributed by atoms with van der Waals surface area (Å²) >= 11 is 0. The Balaban J connectivity index is 1.26. The number of hydrogen-bond acceptors (Lipinski definition) is 6. The number of rotatable bonds is 6. The molecule has 2 unspecified atom stereocenters. The topological polar surface area (TPSA) is 124 Å². The second-order valence-electron chi connectivity index (χ2n) is 15.3. The molecule has 50 heavy (non-hydrogen) atoms. The van der Waals surface area contributed by atoms with Gasteiger partial charge in [0.25, 0.3) is 5.91 Å². The summed E-state index contributed by atoms with van der Waals surface area (Å²) in [5.41, 5.74) is 4.92. The number of methoxy groups -OCH3 is 1. The van der Waals surface area contributed by atoms with E-state index in [9.17, 15) is 22.8 Å². The van der Waals surface area contributed by atoms with Crippen LogP contribution in [0.3, 0.4) is 0 Å². The van der Waals surface area contributed by atoms with Crippen LogP contribution in [-0.2, 0) is 21.5 Å². The molecule has 4 heterocycles. The van der Waals surface area contributed by atoms with Gasteiger partial charge < -0.3 is 24.0 Å². The molecular weight excluding hydrogens is 657 g/mol. The number of nitrogens with one attached hydrogen (secondary N) is 1. The van der Waals surface area contributed by atoms with Gasteiger partial charge in [-0.3, -0.25) is 9.59 Å². The van der Waals surface area contributed by atoms with E-state index in [1.807, 2.05) is 21.9 Å². The molecule has 266 valence electrons. The number of likely N-dealkylation sites (tertiary alicyclic amines) is 2. The third kappa shape index (κ3) is 5.02. The van der Waals surface area contributed by atoms with Gasteiger partial charge in [0.05, 0.1) is 30.3 Å². The summed E-state index contributed by atoms with van der Waals surface area (Å²) in [6, 6.07) is 11.7. The molecule has 3 aromatic rings. The van der Waals surface area contributed by atoms with Crippen LogP contribution in [0.25, 0.3) is 22.2 Å². The first-order chi connectivity index (χ1) is 23.8. The molecule has 4 amide bonds. The summed E-state index contributed by atoms with van der Waals surface area (Å²) in [4.78, 5) is 46.8. The normalized spacial score (nSPS) is 25.6. The Morgan fingerprint density at radius 1 is 0.940 bits per heavy atom. The average Bonchev–Trinajstić information content (AvgIpc) is 3.34. The molecule has 1 N–H and O–H groups in total. The number of aromatic nitrogens is 1. The van der Waals surface area contributed by atoms with Gasteiger partial charge in [-0.2, -0.15) is 12.7 Å². The molecule has 1 aromatic heterocycles. The molecule has 8 rings (SSSR count). The van der Waals surface area contributed by atoms with E-state index < -0.39 is 21.5 Å². The molecule has 2 saturated heterocycles. The fourth-order valence-electron chi connectivity index (χ4n) is 9.38. The monoisotopic (exact) mass is 702 g/mol. The third-order valence-electron chi connectivity index (χ3n) is 12.0. The highest BCUT2D eigenvalue weighted by Gasteiger charge is 2.65. The minimum Gasteiger partial charge on any atom is -0.497 e. The fourth-order valence-corrected chi connectivity index (χ4v) is 9.92. The Kier molecular flexibility index (Phi) is 7.76. The van der Waals surface area contributed by atoms with Crippen LogP contribution < -0.4 is 9.46 Å². The number of fused-ring (bicyclic) bond motifs is 9. The number of benzene rings is 2. The summed E-state index contributed by atoms with van der Waals surface area (Å²) in [6.45, 7) is 1.51. The molecule has 5 aliphatic rings. The quantitative estimate of drug-likeness (QED) is 0.408. The maximum absolute atomic E-state index is 15.0. The van der Waals surface area contributed by atoms with Crippen LogP contribution in [0.5, 0.6) is 5.75 Å². The number of amides is 4. The van der Waals surface area contributed by atoms with Gasteiger partial charge in [0, 0.05) is 75.8 Å². The van der Waals surface area contributed by atoms with E-state index in [-0.39, 0.29) is 35.5 Å². The SMILES string of the molecule is COc1ccc2c(c1)C1CC1(C(=O)N1C[C@@H]3C[C@@H]1CN3C(=O)N(C)C)Cn1c-2c(C2CCCCC2)c2ccc(C(=O)NS(=O)(=O)N(C)C)cc21. The number of carbonyl (C=O) groups excluding carboxylic acids is 3. The number of carbonyl (C=O) groups is 3. The van der Waals surface area contributed by atoms with Crippen LogP contribution in [0.15, 0.2) is 36.4 Å². The lowest BCUT2D eigenvalue weighted by molar-refractivity contribution is -0.140. The van der Waals surface area contributed by atoms with E-state index in [1.54, 1.807) is 38.2 Å². The Morgan fingerprint density at radius 3 is 2.32 bits per heavy atom. The van der Waals surface area contributed by atoms with Crippen LogP contribution in [0, 0.1) is 5.41 Å². The van der Waals surface area contributed by atoms with Crippen molar-refractivity contribution in [2.45, 2.75) is 75.4 Å². The Labute approximate surface area is 293 Å². The van der Waals surface area contributed by atoms with E-state index in [2.05, 4.69) is 21.4 Å². The molecular formula is C37H46N6O6S. The number of urea groups is 1. The first-order valence-electron chi connectivity index (χ1n) is 17.7. The molecule has 2 aromatic carbocycles. The second kappa shape index (κ2) is 11.7. The van der Waals surface area contributed by atoms with Crippen molar-refractivity contribution in [3.63, 3.8) is 0 Å². The van der Waals surface area contributed by atoms with E-state index >= 15 is 0 Å². The van der Waals surface area contributed by atoms with Crippen molar-refractivity contribution in [2.24, 2.45) is 5.41 Å². The maximum atomic E-state index is 15.0. The summed E-state index contributed by atoms with van der Waals surface area (Å²) in [7, 11) is 3.95. The summed E-state index contributed by atoms with van der Waals surface area (Å²) in [5.74, 6) is 0.487. The third-order valence-corrected chi connectivity index (χ3v) is 13.4. The van der Waals surface area contributed by atoms with Crippen molar-refractivity contribution in [1.82, 2.24) is 28.3 Å². The molecule has 2 aliphatic carbocycles. The lowest BCUT2D eigenvalue weighted by Crippen LogP contribution is -2.54. The van der Waals surface area contributed by atoms with Crippen LogP contribution in [0.2, 0.25) is 0 Å². The molecule has 3 aliphatic heterocycles. The van der Waals surface area contributed by atoms with Gasteiger partial charge in [0.15, 0.2) is 0 Å². The molecule has 13 heteroatoms. The molecule has 2 saturated carbocycles. The van der Waals surface area contributed by atoms with Crippen molar-refractivity contribution >= 4 is 39.0 Å². The van der Waals surface area contributed by atoms with Gasteiger partial charge in [0.2, 0.25) is 5.91 Å². The van der Waals surface area contributed by atoms with Crippen LogP contribution in [0.1, 0.15) is 78.3 Å². The van der Waals surface area contributed by atoms with Gasteiger partial charge in [0.1, 0.15) is 5.75 Å². The van der Waals surface area contributed by atoms with Crippen molar-refractivity contribution in [3.8, 4) is 17.0 Å². The fraction of sp³-hybridized carbons (Fsp3) is 0.541. The lowest BCUT2D eigenvalue weighted by Gasteiger charge is -2.37. The summed E-state index contributed by atoms with van der Waals surface area (Å²) in [5, 5.41) is 1.04. The van der Waals surface area contributed by atoms with Crippen LogP contribution in [-0.4, -0.2) is 110 Å². The maximum Gasteiger partial charge on any atom is 0.319 e. The predicted octanol–water partition coefficient (Wildman–Crippen LogP) is 4.35. The molecule has 4 fully saturated rings. The zero-order valence-electron chi connectivity index (χ0n) is 29.4. The molecule has 2 bridgehead atoms. The summed E-state index contributed by atoms with van der Waals surface area (Å²) in [6.07, 6.45) is 7.10. The Bertz CT molecular complexity index is 2030. The van der Waals surface area contributed by atoms with E-state index in [0.29, 0.717) is 32.0 Å². The van der Waals surface area contributed by atoms with Gasteiger partial charge in [-0.05, 0) is 73.1 Å². The van der Waals surface area contributed by atoms with E-state index in [4.69, 9.17) is 4.74 Å². The van der Waals surface area contributed by atoms with Crippen molar-refractivity contribution < 1.29 is 27.5 Å². The Morgan fingerprint density at radius 2 is 1.66 bits per heavy atom. The number of nitrogens with zero attached hydrogens (tertiary/aromatic N) is 5. The van der Waals surface area contributed by atoms with Crippen LogP contribution >= 0.6 is 0 Å². The standard InChI is InChI=1S/C37H46N6O6S/c1-39(2)36(46)42-20-24-16-25(42)19-41(24)35(45)37-18-30(37)29-17-26(49-5)12-14-27(29)33-32(22-9-7-6-8-10-22)28-13-11-23(15-31(28)43(33)21-37)34(44)38-50(47,48)40(3)4/h11-15,17,22,24-25,30H,6-10,16,18-21H2,1-5H3,(H,38,44)/t24-,25+,30?,37?/m1/s1. The molecule has 4 atom stereocenters. The number of piperazine rings is 1. The van der Waals surface area contributed by atoms with Gasteiger partial charge in [-0.15, -0.1) is 0 Å². The molecule has 0 spiro atoms. The summed E-state index contributed by atoms with van der Waals surface area (Å²) < 4.78 is 36.4. The second-order valence-corrected chi connectivity index (χ2v) is 17.2. The first kappa shape index (κ1) is 33.1. The van der Waals surface area contributed by atoms with E-state index in [0.717, 1.165) is 69.9 Å².